The van der Waals surface area contributed by atoms with Crippen LogP contribution in [0.4, 0.5) is 4.39 Å². The lowest BCUT2D eigenvalue weighted by Crippen LogP contribution is -2.59. The van der Waals surface area contributed by atoms with Crippen LogP contribution < -0.4 is 0 Å². The fraction of sp³-hybridized carbons (Fsp3) is 0.762. The van der Waals surface area contributed by atoms with Gasteiger partial charge < -0.3 is 9.80 Å². The van der Waals surface area contributed by atoms with E-state index in [0.29, 0.717) is 30.0 Å². The summed E-state index contributed by atoms with van der Waals surface area (Å²) in [6.07, 6.45) is 11.5. The van der Waals surface area contributed by atoms with E-state index >= 15 is 0 Å². The molecule has 7 heteroatoms. The summed E-state index contributed by atoms with van der Waals surface area (Å²) in [6.45, 7) is 2.72. The van der Waals surface area contributed by atoms with Gasteiger partial charge in [0, 0.05) is 43.7 Å². The molecule has 0 N–H and O–H groups in total. The molecule has 5 rings (SSSR count). The van der Waals surface area contributed by atoms with Crippen molar-refractivity contribution in [1.82, 2.24) is 19.6 Å². The molecule has 2 amide bonds. The summed E-state index contributed by atoms with van der Waals surface area (Å²) in [6, 6.07) is 0. The summed E-state index contributed by atoms with van der Waals surface area (Å²) in [5.41, 5.74) is 1.22. The maximum absolute atomic E-state index is 13.0. The van der Waals surface area contributed by atoms with E-state index in [0.717, 1.165) is 32.4 Å². The number of carbonyl (C=O) groups excluding carboxylic acids is 2. The smallest absolute Gasteiger partial charge is 0.257 e. The summed E-state index contributed by atoms with van der Waals surface area (Å²) in [5, 5.41) is 4.03. The van der Waals surface area contributed by atoms with Crippen LogP contribution in [0.2, 0.25) is 0 Å². The van der Waals surface area contributed by atoms with Crippen LogP contribution in [0.1, 0.15) is 55.3 Å². The van der Waals surface area contributed by atoms with E-state index in [-0.39, 0.29) is 23.8 Å². The van der Waals surface area contributed by atoms with Gasteiger partial charge in [0.15, 0.2) is 0 Å². The zero-order chi connectivity index (χ0) is 19.4. The second-order valence-corrected chi connectivity index (χ2v) is 9.63. The fourth-order valence-corrected chi connectivity index (χ4v) is 5.57. The molecule has 2 spiro atoms. The Morgan fingerprint density at radius 3 is 2.43 bits per heavy atom. The number of carbonyl (C=O) groups is 2. The molecule has 6 nitrogen and oxygen atoms in total. The van der Waals surface area contributed by atoms with E-state index < -0.39 is 6.67 Å². The highest BCUT2D eigenvalue weighted by Gasteiger charge is 2.52. The second-order valence-electron chi connectivity index (χ2n) is 9.63. The third-order valence-corrected chi connectivity index (χ3v) is 7.64. The quantitative estimate of drug-likeness (QED) is 0.796. The number of hydrogen-bond donors (Lipinski definition) is 0. The predicted octanol–water partition coefficient (Wildman–Crippen LogP) is 2.50. The van der Waals surface area contributed by atoms with Crippen LogP contribution in [-0.4, -0.2) is 64.2 Å². The Morgan fingerprint density at radius 2 is 1.75 bits per heavy atom. The number of likely N-dealkylation sites (tertiary alicyclic amines) is 2. The number of rotatable bonds is 4. The lowest BCUT2D eigenvalue weighted by molar-refractivity contribution is -0.136. The second kappa shape index (κ2) is 6.56. The zero-order valence-corrected chi connectivity index (χ0v) is 16.4. The van der Waals surface area contributed by atoms with E-state index in [4.69, 9.17) is 0 Å². The first-order valence-electron chi connectivity index (χ1n) is 10.7. The van der Waals surface area contributed by atoms with Gasteiger partial charge in [0.2, 0.25) is 5.91 Å². The van der Waals surface area contributed by atoms with E-state index in [2.05, 4.69) is 10.00 Å². The van der Waals surface area contributed by atoms with E-state index in [1.165, 1.54) is 36.6 Å². The van der Waals surface area contributed by atoms with Crippen molar-refractivity contribution >= 4 is 11.8 Å². The molecule has 0 unspecified atom stereocenters. The van der Waals surface area contributed by atoms with Crippen molar-refractivity contribution in [2.45, 2.75) is 51.5 Å². The van der Waals surface area contributed by atoms with Crippen molar-refractivity contribution < 1.29 is 14.0 Å². The highest BCUT2D eigenvalue weighted by atomic mass is 19.1. The van der Waals surface area contributed by atoms with Gasteiger partial charge in [-0.15, -0.1) is 0 Å². The summed E-state index contributed by atoms with van der Waals surface area (Å²) in [7, 11) is 0. The first kappa shape index (κ1) is 18.1. The molecular weight excluding hydrogens is 359 g/mol. The average Bonchev–Trinajstić information content (AvgIpc) is 3.10. The normalized spacial score (nSPS) is 25.3. The zero-order valence-electron chi connectivity index (χ0n) is 16.4. The Labute approximate surface area is 165 Å². The minimum Gasteiger partial charge on any atom is -0.342 e. The molecule has 28 heavy (non-hydrogen) atoms. The minimum absolute atomic E-state index is 0.0393. The monoisotopic (exact) mass is 388 g/mol. The minimum atomic E-state index is -0.492. The molecule has 2 saturated carbocycles. The molecule has 2 aliphatic heterocycles. The summed E-state index contributed by atoms with van der Waals surface area (Å²) in [5.74, 6) is 0.535. The van der Waals surface area contributed by atoms with E-state index in [1.807, 2.05) is 4.90 Å². The summed E-state index contributed by atoms with van der Waals surface area (Å²) < 4.78 is 13.9. The summed E-state index contributed by atoms with van der Waals surface area (Å²) >= 11 is 0. The number of halogens is 1. The highest BCUT2D eigenvalue weighted by molar-refractivity contribution is 5.94. The van der Waals surface area contributed by atoms with Gasteiger partial charge >= 0.3 is 0 Å². The van der Waals surface area contributed by atoms with Gasteiger partial charge in [-0.1, -0.05) is 0 Å². The molecule has 0 atom stereocenters. The van der Waals surface area contributed by atoms with Crippen LogP contribution in [0.25, 0.3) is 0 Å². The van der Waals surface area contributed by atoms with Gasteiger partial charge in [-0.05, 0) is 50.4 Å². The number of nitrogens with zero attached hydrogens (tertiary/aromatic N) is 4. The van der Waals surface area contributed by atoms with Gasteiger partial charge in [0.25, 0.3) is 5.91 Å². The van der Waals surface area contributed by atoms with Gasteiger partial charge in [0.05, 0.1) is 18.3 Å². The van der Waals surface area contributed by atoms with Crippen LogP contribution >= 0.6 is 0 Å². The molecule has 152 valence electrons. The van der Waals surface area contributed by atoms with Crippen molar-refractivity contribution in [3.05, 3.63) is 18.0 Å². The molecule has 0 bridgehead atoms. The third kappa shape index (κ3) is 3.12. The van der Waals surface area contributed by atoms with Gasteiger partial charge in [0.1, 0.15) is 6.67 Å². The molecule has 1 aromatic heterocycles. The lowest BCUT2D eigenvalue weighted by Gasteiger charge is -2.48. The van der Waals surface area contributed by atoms with Crippen LogP contribution in [0.5, 0.6) is 0 Å². The van der Waals surface area contributed by atoms with Gasteiger partial charge in [-0.3, -0.25) is 14.3 Å². The van der Waals surface area contributed by atoms with Crippen molar-refractivity contribution in [2.75, 3.05) is 32.9 Å². The van der Waals surface area contributed by atoms with Crippen LogP contribution in [0.15, 0.2) is 12.4 Å². The van der Waals surface area contributed by atoms with Crippen molar-refractivity contribution in [3.8, 4) is 0 Å². The summed E-state index contributed by atoms with van der Waals surface area (Å²) in [4.78, 5) is 29.5. The first-order valence-corrected chi connectivity index (χ1v) is 10.7. The molecule has 1 aromatic rings. The number of aromatic nitrogens is 2. The van der Waals surface area contributed by atoms with Gasteiger partial charge in [-0.2, -0.15) is 5.10 Å². The standard InChI is InChI=1S/C21H29FN4O2/c22-8-10-26-12-17(11-23-26)19(28)25-14-21(15-25)7-9-24(13-21)18(27)16-1-3-20(4-2-16)5-6-20/h11-12,16H,1-10,13-15H2. The van der Waals surface area contributed by atoms with Crippen LogP contribution in [-0.2, 0) is 11.3 Å². The van der Waals surface area contributed by atoms with E-state index in [9.17, 15) is 14.0 Å². The SMILES string of the molecule is O=C(c1cnn(CCF)c1)N1CC2(CCN(C(=O)C3CCC4(CC3)CC4)C2)C1. The van der Waals surface area contributed by atoms with E-state index in [1.54, 1.807) is 6.20 Å². The molecular formula is C21H29FN4O2. The molecule has 4 fully saturated rings. The maximum Gasteiger partial charge on any atom is 0.257 e. The number of aryl methyl sites for hydroxylation is 1. The maximum atomic E-state index is 13.0. The predicted molar refractivity (Wildman–Crippen MR) is 101 cm³/mol. The Hall–Kier alpha value is -1.92. The third-order valence-electron chi connectivity index (χ3n) is 7.64. The number of amides is 2. The molecule has 2 aliphatic carbocycles. The van der Waals surface area contributed by atoms with Crippen LogP contribution in [0, 0.1) is 16.7 Å². The molecule has 2 saturated heterocycles. The molecule has 0 radical (unpaired) electrons. The molecule has 0 aromatic carbocycles. The number of hydrogen-bond acceptors (Lipinski definition) is 3. The Morgan fingerprint density at radius 1 is 1.04 bits per heavy atom. The first-order chi connectivity index (χ1) is 13.5. The highest BCUT2D eigenvalue weighted by Crippen LogP contribution is 2.57. The molecule has 4 aliphatic rings. The van der Waals surface area contributed by atoms with Crippen molar-refractivity contribution in [3.63, 3.8) is 0 Å². The lowest BCUT2D eigenvalue weighted by atomic mass is 9.78. The fourth-order valence-electron chi connectivity index (χ4n) is 5.57. The van der Waals surface area contributed by atoms with Crippen LogP contribution in [0.3, 0.4) is 0 Å². The number of alkyl halides is 1. The topological polar surface area (TPSA) is 58.4 Å². The molecule has 3 heterocycles. The van der Waals surface area contributed by atoms with Crippen molar-refractivity contribution in [1.29, 1.82) is 0 Å². The Balaban J connectivity index is 1.13. The van der Waals surface area contributed by atoms with Crippen molar-refractivity contribution in [2.24, 2.45) is 16.7 Å². The van der Waals surface area contributed by atoms with Gasteiger partial charge in [-0.25, -0.2) is 4.39 Å². The largest absolute Gasteiger partial charge is 0.342 e. The average molecular weight is 388 g/mol. The Bertz CT molecular complexity index is 771. The Kier molecular flexibility index (Phi) is 4.25.